The third kappa shape index (κ3) is 3.16. The summed E-state index contributed by atoms with van der Waals surface area (Å²) in [4.78, 5) is 23.8. The minimum atomic E-state index is -0.0249. The van der Waals surface area contributed by atoms with Gasteiger partial charge >= 0.3 is 0 Å². The van der Waals surface area contributed by atoms with E-state index in [2.05, 4.69) is 21.2 Å². The van der Waals surface area contributed by atoms with Crippen LogP contribution in [-0.2, 0) is 4.79 Å². The first-order valence-corrected chi connectivity index (χ1v) is 7.25. The van der Waals surface area contributed by atoms with Gasteiger partial charge in [-0.1, -0.05) is 0 Å². The van der Waals surface area contributed by atoms with Gasteiger partial charge in [-0.25, -0.2) is 0 Å². The van der Waals surface area contributed by atoms with E-state index in [0.29, 0.717) is 18.6 Å². The van der Waals surface area contributed by atoms with Gasteiger partial charge in [0.25, 0.3) is 5.91 Å². The number of aryl methyl sites for hydroxylation is 1. The fraction of sp³-hybridized carbons (Fsp3) is 0.500. The summed E-state index contributed by atoms with van der Waals surface area (Å²) in [6, 6.07) is 2.04. The number of Topliss-reactive ketones (excluding diaryl/α,β-unsaturated/α-hetero) is 1. The summed E-state index contributed by atoms with van der Waals surface area (Å²) in [5, 5.41) is 2.99. The molecule has 0 radical (unpaired) electrons. The number of hydrogen-bond acceptors (Lipinski definition) is 3. The Hall–Kier alpha value is -0.680. The fourth-order valence-corrected chi connectivity index (χ4v) is 3.35. The molecule has 1 fully saturated rings. The molecule has 5 heteroatoms. The minimum Gasteiger partial charge on any atom is -0.349 e. The van der Waals surface area contributed by atoms with Crippen molar-refractivity contribution in [1.29, 1.82) is 0 Å². The molecule has 0 aromatic carbocycles. The SMILES string of the molecule is Cc1cc(C(=O)NC2CCC(=O)CC2)sc1Br. The number of nitrogens with one attached hydrogen (secondary N) is 1. The van der Waals surface area contributed by atoms with Gasteiger partial charge in [-0.2, -0.15) is 0 Å². The number of amides is 1. The lowest BCUT2D eigenvalue weighted by atomic mass is 9.94. The third-order valence-corrected chi connectivity index (χ3v) is 5.09. The van der Waals surface area contributed by atoms with Gasteiger partial charge in [-0.15, -0.1) is 11.3 Å². The van der Waals surface area contributed by atoms with Crippen LogP contribution in [0.5, 0.6) is 0 Å². The molecule has 1 heterocycles. The van der Waals surface area contributed by atoms with Crippen LogP contribution in [0.15, 0.2) is 9.85 Å². The Labute approximate surface area is 113 Å². The number of ketones is 1. The molecule has 0 aliphatic heterocycles. The molecule has 3 nitrogen and oxygen atoms in total. The summed E-state index contributed by atoms with van der Waals surface area (Å²) in [6.07, 6.45) is 2.74. The van der Waals surface area contributed by atoms with Crippen LogP contribution in [0.1, 0.15) is 40.9 Å². The maximum atomic E-state index is 12.0. The summed E-state index contributed by atoms with van der Waals surface area (Å²) in [5.41, 5.74) is 1.08. The van der Waals surface area contributed by atoms with Crippen molar-refractivity contribution in [1.82, 2.24) is 5.32 Å². The quantitative estimate of drug-likeness (QED) is 0.911. The average Bonchev–Trinajstić information content (AvgIpc) is 2.63. The van der Waals surface area contributed by atoms with Crippen molar-refractivity contribution in [2.45, 2.75) is 38.6 Å². The summed E-state index contributed by atoms with van der Waals surface area (Å²) >= 11 is 4.86. The second-order valence-electron chi connectivity index (χ2n) is 4.35. The van der Waals surface area contributed by atoms with E-state index in [9.17, 15) is 9.59 Å². The highest BCUT2D eigenvalue weighted by Gasteiger charge is 2.21. The van der Waals surface area contributed by atoms with E-state index < -0.39 is 0 Å². The predicted octanol–water partition coefficient (Wildman–Crippen LogP) is 3.06. The normalized spacial score (nSPS) is 17.2. The summed E-state index contributed by atoms with van der Waals surface area (Å²) < 4.78 is 1.00. The van der Waals surface area contributed by atoms with Crippen LogP contribution in [-0.4, -0.2) is 17.7 Å². The van der Waals surface area contributed by atoms with E-state index >= 15 is 0 Å². The zero-order valence-corrected chi connectivity index (χ0v) is 12.0. The minimum absolute atomic E-state index is 0.0249. The monoisotopic (exact) mass is 315 g/mol. The van der Waals surface area contributed by atoms with Gasteiger partial charge in [-0.3, -0.25) is 9.59 Å². The van der Waals surface area contributed by atoms with Crippen LogP contribution in [0.3, 0.4) is 0 Å². The van der Waals surface area contributed by atoms with Crippen molar-refractivity contribution < 1.29 is 9.59 Å². The molecule has 0 atom stereocenters. The van der Waals surface area contributed by atoms with E-state index in [4.69, 9.17) is 0 Å². The maximum Gasteiger partial charge on any atom is 0.261 e. The van der Waals surface area contributed by atoms with Gasteiger partial charge in [0, 0.05) is 18.9 Å². The third-order valence-electron chi connectivity index (χ3n) is 2.96. The number of carbonyl (C=O) groups excluding carboxylic acids is 2. The van der Waals surface area contributed by atoms with E-state index in [-0.39, 0.29) is 11.9 Å². The number of thiophene rings is 1. The summed E-state index contributed by atoms with van der Waals surface area (Å²) in [6.45, 7) is 1.97. The van der Waals surface area contributed by atoms with Crippen molar-refractivity contribution in [2.24, 2.45) is 0 Å². The molecule has 1 amide bonds. The molecule has 17 heavy (non-hydrogen) atoms. The molecule has 1 aromatic rings. The van der Waals surface area contributed by atoms with Crippen molar-refractivity contribution in [3.8, 4) is 0 Å². The first-order chi connectivity index (χ1) is 8.06. The molecular weight excluding hydrogens is 302 g/mol. The van der Waals surface area contributed by atoms with E-state index in [1.54, 1.807) is 0 Å². The second kappa shape index (κ2) is 5.31. The fourth-order valence-electron chi connectivity index (χ4n) is 1.91. The summed E-state index contributed by atoms with van der Waals surface area (Å²) in [7, 11) is 0. The predicted molar refractivity (Wildman–Crippen MR) is 71.5 cm³/mol. The van der Waals surface area contributed by atoms with Crippen LogP contribution < -0.4 is 5.32 Å². The highest BCUT2D eigenvalue weighted by Crippen LogP contribution is 2.27. The molecule has 0 spiro atoms. The highest BCUT2D eigenvalue weighted by atomic mass is 79.9. The Morgan fingerprint density at radius 3 is 2.65 bits per heavy atom. The van der Waals surface area contributed by atoms with Crippen LogP contribution in [0, 0.1) is 6.92 Å². The lowest BCUT2D eigenvalue weighted by molar-refractivity contribution is -0.120. The van der Waals surface area contributed by atoms with Gasteiger partial charge in [0.05, 0.1) is 8.66 Å². The molecule has 0 bridgehead atoms. The smallest absolute Gasteiger partial charge is 0.261 e. The standard InChI is InChI=1S/C12H14BrNO2S/c1-7-6-10(17-11(7)13)12(16)14-8-2-4-9(15)5-3-8/h6,8H,2-5H2,1H3,(H,14,16). The van der Waals surface area contributed by atoms with Crippen LogP contribution in [0.2, 0.25) is 0 Å². The highest BCUT2D eigenvalue weighted by molar-refractivity contribution is 9.11. The number of hydrogen-bond donors (Lipinski definition) is 1. The Kier molecular flexibility index (Phi) is 3.99. The number of carbonyl (C=O) groups is 2. The summed E-state index contributed by atoms with van der Waals surface area (Å²) in [5.74, 6) is 0.286. The van der Waals surface area contributed by atoms with Gasteiger partial charge in [0.1, 0.15) is 5.78 Å². The van der Waals surface area contributed by atoms with Crippen molar-refractivity contribution in [3.05, 3.63) is 20.3 Å². The second-order valence-corrected chi connectivity index (χ2v) is 6.72. The lowest BCUT2D eigenvalue weighted by Crippen LogP contribution is -2.37. The van der Waals surface area contributed by atoms with E-state index in [0.717, 1.165) is 27.1 Å². The van der Waals surface area contributed by atoms with Gasteiger partial charge < -0.3 is 5.32 Å². The lowest BCUT2D eigenvalue weighted by Gasteiger charge is -2.21. The number of rotatable bonds is 2. The first-order valence-electron chi connectivity index (χ1n) is 5.65. The Bertz CT molecular complexity index is 426. The maximum absolute atomic E-state index is 12.0. The van der Waals surface area contributed by atoms with Crippen LogP contribution in [0.4, 0.5) is 0 Å². The topological polar surface area (TPSA) is 46.2 Å². The van der Waals surface area contributed by atoms with Gasteiger partial charge in [0.15, 0.2) is 0 Å². The molecule has 1 aliphatic rings. The molecule has 0 unspecified atom stereocenters. The Morgan fingerprint density at radius 1 is 1.47 bits per heavy atom. The van der Waals surface area contributed by atoms with E-state index in [1.807, 2.05) is 13.0 Å². The molecule has 0 saturated heterocycles. The van der Waals surface area contributed by atoms with Gasteiger partial charge in [-0.05, 0) is 47.3 Å². The largest absolute Gasteiger partial charge is 0.349 e. The molecule has 2 rings (SSSR count). The van der Waals surface area contributed by atoms with Crippen molar-refractivity contribution in [2.75, 3.05) is 0 Å². The molecule has 1 aliphatic carbocycles. The van der Waals surface area contributed by atoms with Crippen LogP contribution >= 0.6 is 27.3 Å². The van der Waals surface area contributed by atoms with Gasteiger partial charge in [0.2, 0.25) is 0 Å². The molecular formula is C12H14BrNO2S. The average molecular weight is 316 g/mol. The molecule has 1 N–H and O–H groups in total. The van der Waals surface area contributed by atoms with Crippen molar-refractivity contribution in [3.63, 3.8) is 0 Å². The molecule has 1 aromatic heterocycles. The van der Waals surface area contributed by atoms with E-state index in [1.165, 1.54) is 11.3 Å². The molecule has 92 valence electrons. The van der Waals surface area contributed by atoms with Crippen LogP contribution in [0.25, 0.3) is 0 Å². The number of halogens is 1. The van der Waals surface area contributed by atoms with Crippen molar-refractivity contribution >= 4 is 39.0 Å². The Morgan fingerprint density at radius 2 is 2.12 bits per heavy atom. The first kappa shape index (κ1) is 12.8. The molecule has 1 saturated carbocycles. The zero-order chi connectivity index (χ0) is 12.4. The zero-order valence-electron chi connectivity index (χ0n) is 9.59. The Balaban J connectivity index is 1.95.